The molecule has 0 radical (unpaired) electrons. The Labute approximate surface area is 129 Å². The number of hydrogen-bond donors (Lipinski definition) is 2. The van der Waals surface area contributed by atoms with Crippen molar-refractivity contribution in [3.05, 3.63) is 0 Å². The maximum Gasteiger partial charge on any atom is 0.230 e. The lowest BCUT2D eigenvalue weighted by molar-refractivity contribution is -0.138. The van der Waals surface area contributed by atoms with E-state index >= 15 is 0 Å². The van der Waals surface area contributed by atoms with Gasteiger partial charge in [-0.15, -0.1) is 0 Å². The molecule has 0 aromatic heterocycles. The number of amides is 1. The first-order valence-corrected chi connectivity index (χ1v) is 8.21. The molecule has 5 heteroatoms. The van der Waals surface area contributed by atoms with Gasteiger partial charge in [-0.05, 0) is 33.1 Å². The van der Waals surface area contributed by atoms with E-state index in [1.807, 2.05) is 14.1 Å². The fraction of sp³-hybridized carbons (Fsp3) is 0.875. The summed E-state index contributed by atoms with van der Waals surface area (Å²) in [6.45, 7) is 7.76. The van der Waals surface area contributed by atoms with Gasteiger partial charge >= 0.3 is 0 Å². The van der Waals surface area contributed by atoms with Gasteiger partial charge in [0, 0.05) is 26.7 Å². The zero-order chi connectivity index (χ0) is 15.9. The van der Waals surface area contributed by atoms with Gasteiger partial charge in [-0.2, -0.15) is 0 Å². The topological polar surface area (TPSA) is 56.7 Å². The number of carbonyl (C=O) groups is 1. The van der Waals surface area contributed by atoms with Gasteiger partial charge in [0.1, 0.15) is 0 Å². The van der Waals surface area contributed by atoms with Gasteiger partial charge in [0.25, 0.3) is 0 Å². The van der Waals surface area contributed by atoms with Crippen LogP contribution in [0.25, 0.3) is 0 Å². The molecule has 1 saturated carbocycles. The van der Waals surface area contributed by atoms with Crippen molar-refractivity contribution in [3.63, 3.8) is 0 Å². The number of nitrogens with one attached hydrogen (secondary N) is 2. The van der Waals surface area contributed by atoms with Gasteiger partial charge in [-0.1, -0.05) is 19.8 Å². The Morgan fingerprint density at radius 2 is 1.90 bits per heavy atom. The molecule has 0 heterocycles. The highest BCUT2D eigenvalue weighted by molar-refractivity contribution is 5.84. The predicted octanol–water partition coefficient (Wildman–Crippen LogP) is 1.99. The Kier molecular flexibility index (Phi) is 6.99. The molecule has 1 amide bonds. The van der Waals surface area contributed by atoms with Crippen LogP contribution in [0.1, 0.15) is 52.9 Å². The Morgan fingerprint density at radius 3 is 2.38 bits per heavy atom. The molecule has 1 aliphatic carbocycles. The monoisotopic (exact) mass is 296 g/mol. The first kappa shape index (κ1) is 17.8. The Bertz CT molecular complexity index is 359. The van der Waals surface area contributed by atoms with Crippen molar-refractivity contribution in [2.75, 3.05) is 27.2 Å². The molecule has 21 heavy (non-hydrogen) atoms. The van der Waals surface area contributed by atoms with E-state index in [2.05, 4.69) is 31.4 Å². The van der Waals surface area contributed by atoms with Crippen molar-refractivity contribution < 1.29 is 4.79 Å². The summed E-state index contributed by atoms with van der Waals surface area (Å²) in [6, 6.07) is 0.381. The second kappa shape index (κ2) is 8.25. The average molecular weight is 296 g/mol. The van der Waals surface area contributed by atoms with Crippen LogP contribution in [-0.4, -0.2) is 50.0 Å². The van der Waals surface area contributed by atoms with Crippen LogP contribution in [0.4, 0.5) is 0 Å². The van der Waals surface area contributed by atoms with Crippen LogP contribution < -0.4 is 10.6 Å². The zero-order valence-electron chi connectivity index (χ0n) is 14.3. The SMILES string of the molecule is CCNC(=NCC1(C(=O)N(C)C)CCCC1)NC(C)CC. The number of aliphatic imine (C=N–C) groups is 1. The molecule has 1 aliphatic rings. The van der Waals surface area contributed by atoms with Gasteiger partial charge < -0.3 is 15.5 Å². The lowest BCUT2D eigenvalue weighted by Crippen LogP contribution is -2.44. The average Bonchev–Trinajstić information content (AvgIpc) is 2.93. The molecule has 0 spiro atoms. The van der Waals surface area contributed by atoms with Crippen LogP contribution in [0, 0.1) is 5.41 Å². The minimum Gasteiger partial charge on any atom is -0.357 e. The number of nitrogens with zero attached hydrogens (tertiary/aromatic N) is 2. The van der Waals surface area contributed by atoms with Crippen molar-refractivity contribution in [2.24, 2.45) is 10.4 Å². The van der Waals surface area contributed by atoms with E-state index in [0.29, 0.717) is 12.6 Å². The van der Waals surface area contributed by atoms with E-state index in [9.17, 15) is 4.79 Å². The molecule has 1 unspecified atom stereocenters. The first-order chi connectivity index (χ1) is 9.95. The summed E-state index contributed by atoms with van der Waals surface area (Å²) in [5.74, 6) is 1.05. The third kappa shape index (κ3) is 4.90. The van der Waals surface area contributed by atoms with Gasteiger partial charge in [0.05, 0.1) is 12.0 Å². The van der Waals surface area contributed by atoms with Crippen molar-refractivity contribution in [2.45, 2.75) is 58.9 Å². The lowest BCUT2D eigenvalue weighted by Gasteiger charge is -2.29. The van der Waals surface area contributed by atoms with Crippen LogP contribution in [0.15, 0.2) is 4.99 Å². The second-order valence-corrected chi connectivity index (χ2v) is 6.34. The van der Waals surface area contributed by atoms with E-state index in [-0.39, 0.29) is 11.3 Å². The molecule has 0 aliphatic heterocycles. The molecular weight excluding hydrogens is 264 g/mol. The highest BCUT2D eigenvalue weighted by Crippen LogP contribution is 2.39. The standard InChI is InChI=1S/C16H32N4O/c1-6-13(3)19-15(17-7-2)18-12-16(10-8-9-11-16)14(21)20(4)5/h13H,6-12H2,1-5H3,(H2,17,18,19). The quantitative estimate of drug-likeness (QED) is 0.582. The zero-order valence-corrected chi connectivity index (χ0v) is 14.3. The molecule has 1 atom stereocenters. The summed E-state index contributed by atoms with van der Waals surface area (Å²) in [4.78, 5) is 19.0. The number of carbonyl (C=O) groups excluding carboxylic acids is 1. The third-order valence-corrected chi connectivity index (χ3v) is 4.30. The van der Waals surface area contributed by atoms with E-state index in [4.69, 9.17) is 4.99 Å². The Morgan fingerprint density at radius 1 is 1.29 bits per heavy atom. The molecule has 1 rings (SSSR count). The van der Waals surface area contributed by atoms with Crippen molar-refractivity contribution in [1.29, 1.82) is 0 Å². The second-order valence-electron chi connectivity index (χ2n) is 6.34. The molecule has 5 nitrogen and oxygen atoms in total. The van der Waals surface area contributed by atoms with Crippen LogP contribution in [0.2, 0.25) is 0 Å². The van der Waals surface area contributed by atoms with E-state index in [0.717, 1.165) is 44.6 Å². The van der Waals surface area contributed by atoms with Gasteiger partial charge in [-0.25, -0.2) is 0 Å². The minimum atomic E-state index is -0.290. The van der Waals surface area contributed by atoms with Gasteiger partial charge in [0.2, 0.25) is 5.91 Å². The first-order valence-electron chi connectivity index (χ1n) is 8.21. The van der Waals surface area contributed by atoms with Gasteiger partial charge in [-0.3, -0.25) is 9.79 Å². The molecule has 1 fully saturated rings. The summed E-state index contributed by atoms with van der Waals surface area (Å²) < 4.78 is 0. The Hall–Kier alpha value is -1.26. The molecule has 0 aromatic carbocycles. The summed E-state index contributed by atoms with van der Waals surface area (Å²) in [5, 5.41) is 6.66. The number of guanidine groups is 1. The molecular formula is C16H32N4O. The fourth-order valence-electron chi connectivity index (χ4n) is 2.85. The van der Waals surface area contributed by atoms with Crippen molar-refractivity contribution in [3.8, 4) is 0 Å². The summed E-state index contributed by atoms with van der Waals surface area (Å²) >= 11 is 0. The van der Waals surface area contributed by atoms with Crippen LogP contribution in [0.5, 0.6) is 0 Å². The molecule has 2 N–H and O–H groups in total. The smallest absolute Gasteiger partial charge is 0.230 e. The molecule has 0 aromatic rings. The van der Waals surface area contributed by atoms with Gasteiger partial charge in [0.15, 0.2) is 5.96 Å². The predicted molar refractivity (Wildman–Crippen MR) is 88.5 cm³/mol. The normalized spacial score (nSPS) is 19.2. The van der Waals surface area contributed by atoms with Crippen LogP contribution in [-0.2, 0) is 4.79 Å². The van der Waals surface area contributed by atoms with Crippen molar-refractivity contribution in [1.82, 2.24) is 15.5 Å². The Balaban J connectivity index is 2.81. The lowest BCUT2D eigenvalue weighted by atomic mass is 9.85. The third-order valence-electron chi connectivity index (χ3n) is 4.30. The summed E-state index contributed by atoms with van der Waals surface area (Å²) in [7, 11) is 3.68. The van der Waals surface area contributed by atoms with Crippen LogP contribution in [0.3, 0.4) is 0 Å². The van der Waals surface area contributed by atoms with E-state index in [1.165, 1.54) is 0 Å². The molecule has 0 saturated heterocycles. The number of rotatable bonds is 6. The fourth-order valence-corrected chi connectivity index (χ4v) is 2.85. The summed E-state index contributed by atoms with van der Waals surface area (Å²) in [5.41, 5.74) is -0.290. The maximum atomic E-state index is 12.5. The largest absolute Gasteiger partial charge is 0.357 e. The summed E-state index contributed by atoms with van der Waals surface area (Å²) in [6.07, 6.45) is 5.22. The highest BCUT2D eigenvalue weighted by Gasteiger charge is 2.42. The van der Waals surface area contributed by atoms with E-state index < -0.39 is 0 Å². The van der Waals surface area contributed by atoms with Crippen molar-refractivity contribution >= 4 is 11.9 Å². The highest BCUT2D eigenvalue weighted by atomic mass is 16.2. The van der Waals surface area contributed by atoms with Crippen LogP contribution >= 0.6 is 0 Å². The maximum absolute atomic E-state index is 12.5. The van der Waals surface area contributed by atoms with E-state index in [1.54, 1.807) is 4.90 Å². The minimum absolute atomic E-state index is 0.225. The molecule has 0 bridgehead atoms. The number of hydrogen-bond acceptors (Lipinski definition) is 2. The molecule has 122 valence electrons.